The number of aromatic amines is 1. The Morgan fingerprint density at radius 2 is 1.90 bits per heavy atom. The number of carbonyl (C=O) groups is 1. The molecule has 1 aliphatic carbocycles. The van der Waals surface area contributed by atoms with Gasteiger partial charge in [-0.15, -0.1) is 0 Å². The summed E-state index contributed by atoms with van der Waals surface area (Å²) >= 11 is 0. The number of carbonyl (C=O) groups excluding carboxylic acids is 1. The molecule has 3 aromatic rings. The van der Waals surface area contributed by atoms with E-state index in [2.05, 4.69) is 9.97 Å². The van der Waals surface area contributed by atoms with Crippen LogP contribution in [0.15, 0.2) is 36.7 Å². The van der Waals surface area contributed by atoms with Crippen molar-refractivity contribution in [3.8, 4) is 5.75 Å². The number of hydrogen-bond acceptors (Lipinski definition) is 3. The van der Waals surface area contributed by atoms with Crippen molar-refractivity contribution < 1.29 is 27.1 Å². The third-order valence-corrected chi connectivity index (χ3v) is 5.91. The molecule has 2 aliphatic rings. The first-order valence-electron chi connectivity index (χ1n) is 10.1. The summed E-state index contributed by atoms with van der Waals surface area (Å²) in [5, 5.41) is 0. The number of anilines is 1. The van der Waals surface area contributed by atoms with Crippen LogP contribution < -0.4 is 9.64 Å². The maximum atomic E-state index is 15.0. The fraction of sp³-hybridized carbons (Fsp3) is 0.364. The molecule has 5 nitrogen and oxygen atoms in total. The molecule has 2 aromatic carbocycles. The second-order valence-corrected chi connectivity index (χ2v) is 7.95. The number of halogens is 4. The van der Waals surface area contributed by atoms with Gasteiger partial charge >= 0.3 is 0 Å². The zero-order valence-corrected chi connectivity index (χ0v) is 16.3. The minimum Gasteiger partial charge on any atom is -0.493 e. The number of aromatic nitrogens is 2. The lowest BCUT2D eigenvalue weighted by Crippen LogP contribution is -2.56. The molecule has 5 rings (SSSR count). The van der Waals surface area contributed by atoms with E-state index in [1.54, 1.807) is 18.2 Å². The Balaban J connectivity index is 1.49. The van der Waals surface area contributed by atoms with Crippen LogP contribution in [-0.2, 0) is 4.79 Å². The fourth-order valence-corrected chi connectivity index (χ4v) is 4.29. The van der Waals surface area contributed by atoms with Crippen LogP contribution in [0.2, 0.25) is 0 Å². The van der Waals surface area contributed by atoms with E-state index in [4.69, 9.17) is 4.74 Å². The molecule has 1 aliphatic heterocycles. The highest BCUT2D eigenvalue weighted by molar-refractivity contribution is 6.04. The topological polar surface area (TPSA) is 58.2 Å². The Morgan fingerprint density at radius 1 is 1.16 bits per heavy atom. The summed E-state index contributed by atoms with van der Waals surface area (Å²) in [7, 11) is 0. The van der Waals surface area contributed by atoms with E-state index in [1.165, 1.54) is 11.2 Å². The number of alkyl halides is 2. The molecule has 1 unspecified atom stereocenters. The van der Waals surface area contributed by atoms with Crippen molar-refractivity contribution in [2.45, 2.75) is 31.7 Å². The van der Waals surface area contributed by atoms with Crippen LogP contribution >= 0.6 is 0 Å². The van der Waals surface area contributed by atoms with E-state index in [0.717, 1.165) is 30.5 Å². The molecule has 1 amide bonds. The number of ether oxygens (including phenoxy) is 1. The maximum absolute atomic E-state index is 15.0. The summed E-state index contributed by atoms with van der Waals surface area (Å²) in [6.45, 7) is -0.349. The Morgan fingerprint density at radius 3 is 2.58 bits per heavy atom. The summed E-state index contributed by atoms with van der Waals surface area (Å²) in [6, 6.07) is 6.38. The molecule has 2 fully saturated rings. The van der Waals surface area contributed by atoms with Crippen LogP contribution in [0.3, 0.4) is 0 Å². The number of benzene rings is 2. The van der Waals surface area contributed by atoms with Crippen molar-refractivity contribution in [1.29, 1.82) is 0 Å². The van der Waals surface area contributed by atoms with Crippen LogP contribution in [0.4, 0.5) is 23.2 Å². The number of fused-ring (bicyclic) bond motifs is 1. The van der Waals surface area contributed by atoms with Gasteiger partial charge < -0.3 is 14.6 Å². The fourth-order valence-electron chi connectivity index (χ4n) is 4.29. The lowest BCUT2D eigenvalue weighted by molar-refractivity contribution is -0.131. The molecular weight excluding hydrogens is 414 g/mol. The zero-order valence-electron chi connectivity index (χ0n) is 16.3. The molecule has 1 aromatic heterocycles. The Kier molecular flexibility index (Phi) is 4.83. The average molecular weight is 433 g/mol. The summed E-state index contributed by atoms with van der Waals surface area (Å²) in [5.74, 6) is -2.44. The molecule has 31 heavy (non-hydrogen) atoms. The van der Waals surface area contributed by atoms with Gasteiger partial charge in [-0.05, 0) is 37.0 Å². The Hall–Kier alpha value is -3.10. The van der Waals surface area contributed by atoms with E-state index in [0.29, 0.717) is 11.2 Å². The van der Waals surface area contributed by atoms with Gasteiger partial charge in [0.25, 0.3) is 0 Å². The van der Waals surface area contributed by atoms with Crippen LogP contribution in [0.25, 0.3) is 11.0 Å². The van der Waals surface area contributed by atoms with Crippen molar-refractivity contribution >= 4 is 22.6 Å². The van der Waals surface area contributed by atoms with Gasteiger partial charge in [0.1, 0.15) is 17.4 Å². The number of nitrogens with zero attached hydrogens (tertiary/aromatic N) is 2. The van der Waals surface area contributed by atoms with Gasteiger partial charge in [-0.2, -0.15) is 0 Å². The van der Waals surface area contributed by atoms with Crippen molar-refractivity contribution in [1.82, 2.24) is 9.97 Å². The van der Waals surface area contributed by atoms with Crippen molar-refractivity contribution in [3.05, 3.63) is 53.9 Å². The predicted molar refractivity (Wildman–Crippen MR) is 105 cm³/mol. The largest absolute Gasteiger partial charge is 0.493 e. The monoisotopic (exact) mass is 433 g/mol. The molecule has 162 valence electrons. The molecule has 0 radical (unpaired) electrons. The number of amides is 1. The van der Waals surface area contributed by atoms with Crippen LogP contribution in [0, 0.1) is 23.5 Å². The van der Waals surface area contributed by atoms with Crippen molar-refractivity contribution in [2.24, 2.45) is 11.8 Å². The molecule has 0 spiro atoms. The quantitative estimate of drug-likeness (QED) is 0.422. The summed E-state index contributed by atoms with van der Waals surface area (Å²) in [5.41, 5.74) is 1.74. The molecule has 1 N–H and O–H groups in total. The van der Waals surface area contributed by atoms with E-state index in [1.807, 2.05) is 0 Å². The highest BCUT2D eigenvalue weighted by Gasteiger charge is 2.56. The van der Waals surface area contributed by atoms with Gasteiger partial charge in [0.15, 0.2) is 0 Å². The van der Waals surface area contributed by atoms with E-state index < -0.39 is 36.4 Å². The smallest absolute Gasteiger partial charge is 0.241 e. The number of hydrogen-bond donors (Lipinski definition) is 1. The molecule has 1 saturated heterocycles. The summed E-state index contributed by atoms with van der Waals surface area (Å²) in [6.07, 6.45) is 0.127. The first kappa shape index (κ1) is 19.8. The number of imidazole rings is 1. The number of H-pyrrole nitrogens is 1. The maximum Gasteiger partial charge on any atom is 0.241 e. The van der Waals surface area contributed by atoms with E-state index >= 15 is 8.78 Å². The van der Waals surface area contributed by atoms with Crippen LogP contribution in [0.5, 0.6) is 5.75 Å². The molecule has 2 atom stereocenters. The molecule has 1 saturated carbocycles. The summed E-state index contributed by atoms with van der Waals surface area (Å²) in [4.78, 5) is 21.5. The minimum atomic E-state index is -2.56. The molecular formula is C22H19F4N3O2. The van der Waals surface area contributed by atoms with Gasteiger partial charge in [0, 0.05) is 29.8 Å². The number of nitrogens with one attached hydrogen (secondary N) is 1. The molecule has 0 bridgehead atoms. The van der Waals surface area contributed by atoms with Gasteiger partial charge in [-0.1, -0.05) is 0 Å². The Bertz CT molecular complexity index is 1120. The van der Waals surface area contributed by atoms with Crippen LogP contribution in [-0.4, -0.2) is 28.9 Å². The highest BCUT2D eigenvalue weighted by atomic mass is 19.3. The molecule has 9 heteroatoms. The van der Waals surface area contributed by atoms with Gasteiger partial charge in [-0.25, -0.2) is 22.5 Å². The molecule has 2 heterocycles. The van der Waals surface area contributed by atoms with Gasteiger partial charge in [0.2, 0.25) is 12.3 Å². The first-order chi connectivity index (χ1) is 14.9. The first-order valence-corrected chi connectivity index (χ1v) is 10.1. The standard InChI is InChI=1S/C22H19F4N3O2/c23-14-8-13(31-6-5-18(25)26)9-15(24)20(14)21-19(11-1-2-11)22(30)29(21)12-3-4-16-17(7-12)28-10-27-16/h3-4,7-11,18-19,21H,1-2,5-6H2,(H,27,28)/t19?,21-/m0/s1. The van der Waals surface area contributed by atoms with E-state index in [-0.39, 0.29) is 29.7 Å². The minimum absolute atomic E-state index is 0.101. The Labute approximate surface area is 175 Å². The van der Waals surface area contributed by atoms with Crippen molar-refractivity contribution in [2.75, 3.05) is 11.5 Å². The normalized spacial score (nSPS) is 21.1. The lowest BCUT2D eigenvalue weighted by atomic mass is 9.78. The second-order valence-electron chi connectivity index (χ2n) is 7.95. The van der Waals surface area contributed by atoms with Gasteiger partial charge in [-0.3, -0.25) is 4.79 Å². The SMILES string of the molecule is O=C1C(C2CC2)[C@@H](c2c(F)cc(OCCC(F)F)cc2F)N1c1ccc2[nH]cnc2c1. The lowest BCUT2D eigenvalue weighted by Gasteiger charge is -2.48. The number of β-lactam (4-membered cyclic amide) rings is 1. The van der Waals surface area contributed by atoms with Gasteiger partial charge in [0.05, 0.1) is 35.9 Å². The van der Waals surface area contributed by atoms with Crippen molar-refractivity contribution in [3.63, 3.8) is 0 Å². The second kappa shape index (κ2) is 7.55. The third kappa shape index (κ3) is 3.51. The predicted octanol–water partition coefficient (Wildman–Crippen LogP) is 4.99. The van der Waals surface area contributed by atoms with E-state index in [9.17, 15) is 13.6 Å². The number of rotatable bonds is 7. The van der Waals surface area contributed by atoms with Crippen LogP contribution in [0.1, 0.15) is 30.9 Å². The highest BCUT2D eigenvalue weighted by Crippen LogP contribution is 2.55. The summed E-state index contributed by atoms with van der Waals surface area (Å²) < 4.78 is 59.7. The third-order valence-electron chi connectivity index (χ3n) is 5.91. The zero-order chi connectivity index (χ0) is 21.7. The average Bonchev–Trinajstić information content (AvgIpc) is 3.41.